The van der Waals surface area contributed by atoms with Gasteiger partial charge in [-0.15, -0.1) is 11.3 Å². The summed E-state index contributed by atoms with van der Waals surface area (Å²) in [6.07, 6.45) is -0.623. The van der Waals surface area contributed by atoms with Gasteiger partial charge in [0.25, 0.3) is 5.91 Å². The number of ether oxygens (including phenoxy) is 1. The van der Waals surface area contributed by atoms with Gasteiger partial charge in [-0.2, -0.15) is 4.31 Å². The zero-order valence-electron chi connectivity index (χ0n) is 24.4. The highest BCUT2D eigenvalue weighted by molar-refractivity contribution is 7.89. The maximum absolute atomic E-state index is 13.9. The van der Waals surface area contributed by atoms with E-state index in [2.05, 4.69) is 15.3 Å². The third-order valence-electron chi connectivity index (χ3n) is 7.66. The number of rotatable bonds is 13. The predicted molar refractivity (Wildman–Crippen MR) is 168 cm³/mol. The lowest BCUT2D eigenvalue weighted by Gasteiger charge is -2.31. The van der Waals surface area contributed by atoms with Crippen molar-refractivity contribution in [1.29, 1.82) is 0 Å². The van der Waals surface area contributed by atoms with E-state index in [0.29, 0.717) is 11.3 Å². The number of cyclic esters (lactones) is 1. The van der Waals surface area contributed by atoms with Crippen LogP contribution < -0.4 is 10.2 Å². The second-order valence-corrected chi connectivity index (χ2v) is 13.7. The standard InChI is InChI=1S/C31H35N5O6S2/c1-3-21(2)17-35(44(40,41)23-12-13-24-28(16-23)43-20-33-24)18-26(37)25(15-22-9-5-4-6-10-22)34-30(38)27-19-36(31(39)42-27)29-11-7-8-14-32-29/h4-14,16,20-21,25-27,37H,3,15,17-19H2,1-2H3,(H,34,38)/t21-,25?,26+,27?/m0/s1. The fraction of sp³-hybridized carbons (Fsp3) is 0.355. The Morgan fingerprint density at radius 3 is 2.64 bits per heavy atom. The predicted octanol–water partition coefficient (Wildman–Crippen LogP) is 3.84. The number of fused-ring (bicyclic) bond motifs is 1. The summed E-state index contributed by atoms with van der Waals surface area (Å²) in [6, 6.07) is 18.3. The number of carbonyl (C=O) groups is 2. The van der Waals surface area contributed by atoms with Gasteiger partial charge in [0.05, 0.1) is 39.3 Å². The summed E-state index contributed by atoms with van der Waals surface area (Å²) in [6.45, 7) is 3.80. The van der Waals surface area contributed by atoms with Crippen molar-refractivity contribution in [3.8, 4) is 0 Å². The lowest BCUT2D eigenvalue weighted by molar-refractivity contribution is -0.129. The number of nitrogens with zero attached hydrogens (tertiary/aromatic N) is 4. The van der Waals surface area contributed by atoms with Gasteiger partial charge in [0.2, 0.25) is 10.0 Å². The minimum atomic E-state index is -4.01. The van der Waals surface area contributed by atoms with Gasteiger partial charge in [0.1, 0.15) is 5.82 Å². The van der Waals surface area contributed by atoms with Crippen molar-refractivity contribution in [3.63, 3.8) is 0 Å². The molecule has 2 amide bonds. The molecule has 1 fully saturated rings. The van der Waals surface area contributed by atoms with E-state index in [9.17, 15) is 23.1 Å². The third kappa shape index (κ3) is 7.24. The number of sulfonamides is 1. The van der Waals surface area contributed by atoms with Crippen LogP contribution in [0.1, 0.15) is 25.8 Å². The van der Waals surface area contributed by atoms with Crippen molar-refractivity contribution in [2.75, 3.05) is 24.5 Å². The van der Waals surface area contributed by atoms with E-state index < -0.39 is 40.3 Å². The van der Waals surface area contributed by atoms with Gasteiger partial charge in [-0.3, -0.25) is 9.69 Å². The number of hydrogen-bond acceptors (Lipinski definition) is 9. The molecule has 13 heteroatoms. The highest BCUT2D eigenvalue weighted by Gasteiger charge is 2.39. The Bertz CT molecular complexity index is 1690. The van der Waals surface area contributed by atoms with Gasteiger partial charge in [-0.05, 0) is 48.2 Å². The molecule has 0 saturated carbocycles. The summed E-state index contributed by atoms with van der Waals surface area (Å²) in [5, 5.41) is 14.4. The van der Waals surface area contributed by atoms with Gasteiger partial charge >= 0.3 is 6.09 Å². The van der Waals surface area contributed by atoms with Crippen molar-refractivity contribution >= 4 is 49.4 Å². The summed E-state index contributed by atoms with van der Waals surface area (Å²) in [5.74, 6) is -0.221. The third-order valence-corrected chi connectivity index (χ3v) is 10.3. The molecule has 3 heterocycles. The molecule has 4 aromatic rings. The van der Waals surface area contributed by atoms with Gasteiger partial charge < -0.3 is 15.2 Å². The van der Waals surface area contributed by atoms with Crippen molar-refractivity contribution in [2.45, 2.75) is 49.8 Å². The first-order valence-corrected chi connectivity index (χ1v) is 16.7. The molecule has 0 bridgehead atoms. The SMILES string of the molecule is CC[C@H](C)CN(C[C@@H](O)C(Cc1ccccc1)NC(=O)C1CN(c2ccccn2)C(=O)O1)S(=O)(=O)c1ccc2ncsc2c1. The minimum absolute atomic E-state index is 0.0155. The number of nitrogens with one attached hydrogen (secondary N) is 1. The topological polar surface area (TPSA) is 142 Å². The van der Waals surface area contributed by atoms with Crippen molar-refractivity contribution in [1.82, 2.24) is 19.6 Å². The molecule has 2 aromatic heterocycles. The smallest absolute Gasteiger partial charge is 0.416 e. The monoisotopic (exact) mass is 637 g/mol. The number of aromatic nitrogens is 2. The largest absolute Gasteiger partial charge is 0.434 e. The number of anilines is 1. The molecule has 2 aromatic carbocycles. The van der Waals surface area contributed by atoms with E-state index in [1.807, 2.05) is 44.2 Å². The van der Waals surface area contributed by atoms with E-state index in [0.717, 1.165) is 16.7 Å². The number of aliphatic hydroxyl groups is 1. The highest BCUT2D eigenvalue weighted by atomic mass is 32.2. The van der Waals surface area contributed by atoms with Crippen LogP contribution in [0.15, 0.2) is 83.3 Å². The van der Waals surface area contributed by atoms with Crippen LogP contribution in [-0.2, 0) is 26.0 Å². The van der Waals surface area contributed by atoms with Gasteiger partial charge in [-0.25, -0.2) is 23.2 Å². The second kappa shape index (κ2) is 13.8. The van der Waals surface area contributed by atoms with Crippen molar-refractivity contribution < 1.29 is 27.9 Å². The normalized spacial score (nSPS) is 17.4. The molecule has 0 aliphatic carbocycles. The maximum Gasteiger partial charge on any atom is 0.416 e. The van der Waals surface area contributed by atoms with E-state index in [4.69, 9.17) is 4.74 Å². The van der Waals surface area contributed by atoms with E-state index in [1.54, 1.807) is 35.8 Å². The van der Waals surface area contributed by atoms with Crippen LogP contribution in [0.4, 0.5) is 10.6 Å². The summed E-state index contributed by atoms with van der Waals surface area (Å²) in [4.78, 5) is 35.7. The Hall–Kier alpha value is -3.91. The Balaban J connectivity index is 1.38. The van der Waals surface area contributed by atoms with Crippen LogP contribution in [0.2, 0.25) is 0 Å². The summed E-state index contributed by atoms with van der Waals surface area (Å²) in [5.41, 5.74) is 3.21. The number of carbonyl (C=O) groups excluding carboxylic acids is 2. The average molecular weight is 638 g/mol. The molecule has 1 aliphatic rings. The van der Waals surface area contributed by atoms with Crippen LogP contribution in [0.3, 0.4) is 0 Å². The van der Waals surface area contributed by atoms with Gasteiger partial charge in [0.15, 0.2) is 6.10 Å². The molecule has 1 aliphatic heterocycles. The van der Waals surface area contributed by atoms with Crippen LogP contribution in [0.25, 0.3) is 10.2 Å². The number of benzene rings is 2. The molecule has 232 valence electrons. The molecule has 2 unspecified atom stereocenters. The molecule has 0 spiro atoms. The van der Waals surface area contributed by atoms with E-state index >= 15 is 0 Å². The lowest BCUT2D eigenvalue weighted by Crippen LogP contribution is -2.53. The molecule has 44 heavy (non-hydrogen) atoms. The van der Waals surface area contributed by atoms with Crippen LogP contribution in [0, 0.1) is 5.92 Å². The molecule has 5 rings (SSSR count). The van der Waals surface area contributed by atoms with Crippen molar-refractivity contribution in [3.05, 3.63) is 84.0 Å². The van der Waals surface area contributed by atoms with E-state index in [-0.39, 0.29) is 36.9 Å². The summed E-state index contributed by atoms with van der Waals surface area (Å²) >= 11 is 1.35. The number of pyridine rings is 1. The minimum Gasteiger partial charge on any atom is -0.434 e. The zero-order valence-corrected chi connectivity index (χ0v) is 26.1. The Labute approximate surface area is 260 Å². The fourth-order valence-electron chi connectivity index (χ4n) is 4.96. The Morgan fingerprint density at radius 2 is 1.91 bits per heavy atom. The summed E-state index contributed by atoms with van der Waals surface area (Å²) < 4.78 is 35.3. The molecule has 0 radical (unpaired) electrons. The zero-order chi connectivity index (χ0) is 31.3. The van der Waals surface area contributed by atoms with Gasteiger partial charge in [0, 0.05) is 19.3 Å². The Kier molecular flexibility index (Phi) is 9.89. The van der Waals surface area contributed by atoms with Crippen LogP contribution in [-0.4, -0.2) is 77.7 Å². The Morgan fingerprint density at radius 1 is 1.14 bits per heavy atom. The number of thiazole rings is 1. The average Bonchev–Trinajstić information content (AvgIpc) is 3.67. The second-order valence-electron chi connectivity index (χ2n) is 10.9. The highest BCUT2D eigenvalue weighted by Crippen LogP contribution is 2.26. The van der Waals surface area contributed by atoms with Crippen LogP contribution >= 0.6 is 11.3 Å². The number of hydrogen-bond donors (Lipinski definition) is 2. The molecule has 1 saturated heterocycles. The maximum atomic E-state index is 13.9. The quantitative estimate of drug-likeness (QED) is 0.225. The lowest BCUT2D eigenvalue weighted by atomic mass is 10.0. The van der Waals surface area contributed by atoms with Crippen LogP contribution in [0.5, 0.6) is 0 Å². The van der Waals surface area contributed by atoms with Gasteiger partial charge in [-0.1, -0.05) is 56.7 Å². The van der Waals surface area contributed by atoms with E-state index in [1.165, 1.54) is 32.8 Å². The van der Waals surface area contributed by atoms with Crippen molar-refractivity contribution in [2.24, 2.45) is 5.92 Å². The molecule has 11 nitrogen and oxygen atoms in total. The summed E-state index contributed by atoms with van der Waals surface area (Å²) in [7, 11) is -4.01. The fourth-order valence-corrected chi connectivity index (χ4v) is 7.35. The first-order chi connectivity index (χ1) is 21.2. The molecule has 4 atom stereocenters. The number of amides is 2. The first-order valence-electron chi connectivity index (χ1n) is 14.4. The molecular weight excluding hydrogens is 603 g/mol. The number of aliphatic hydroxyl groups excluding tert-OH is 1. The molecule has 2 N–H and O–H groups in total. The molecular formula is C31H35N5O6S2. The first kappa shape index (κ1) is 31.5.